The molecule has 78 valence electrons. The number of esters is 2. The molecule has 0 saturated heterocycles. The van der Waals surface area contributed by atoms with Gasteiger partial charge in [-0.05, 0) is 12.1 Å². The summed E-state index contributed by atoms with van der Waals surface area (Å²) in [7, 11) is 0. The van der Waals surface area contributed by atoms with Crippen LogP contribution in [-0.4, -0.2) is 21.9 Å². The molecule has 1 aliphatic heterocycles. The van der Waals surface area contributed by atoms with Crippen molar-refractivity contribution in [1.29, 1.82) is 0 Å². The highest BCUT2D eigenvalue weighted by Crippen LogP contribution is 2.24. The summed E-state index contributed by atoms with van der Waals surface area (Å²) in [5.41, 5.74) is 1.37. The second-order valence-corrected chi connectivity index (χ2v) is 3.64. The quantitative estimate of drug-likeness (QED) is 0.511. The summed E-state index contributed by atoms with van der Waals surface area (Å²) < 4.78 is 4.47. The summed E-state index contributed by atoms with van der Waals surface area (Å²) in [4.78, 5) is 30.6. The summed E-state index contributed by atoms with van der Waals surface area (Å²) in [6.45, 7) is 0. The largest absolute Gasteiger partial charge is 0.386 e. The molecule has 1 aromatic heterocycles. The van der Waals surface area contributed by atoms with E-state index in [1.807, 2.05) is 0 Å². The van der Waals surface area contributed by atoms with Crippen molar-refractivity contribution in [2.45, 2.75) is 0 Å². The third-order valence-corrected chi connectivity index (χ3v) is 2.46. The average molecular weight is 235 g/mol. The van der Waals surface area contributed by atoms with Gasteiger partial charge >= 0.3 is 11.9 Å². The average Bonchev–Trinajstić information content (AvgIpc) is 2.52. The first-order valence-electron chi connectivity index (χ1n) is 4.38. The van der Waals surface area contributed by atoms with Crippen molar-refractivity contribution in [3.05, 3.63) is 34.6 Å². The standard InChI is InChI=1S/C10H3ClN2O3/c11-8-3-12-6-1-4-5(2-7(6)13-8)10(15)16-9(4)14/h1-3H. The predicted octanol–water partition coefficient (Wildman–Crippen LogP) is 1.59. The van der Waals surface area contributed by atoms with E-state index in [0.717, 1.165) is 0 Å². The number of rotatable bonds is 0. The van der Waals surface area contributed by atoms with Crippen LogP contribution in [0.15, 0.2) is 18.3 Å². The Morgan fingerprint density at radius 3 is 2.38 bits per heavy atom. The molecular weight excluding hydrogens is 232 g/mol. The Kier molecular flexibility index (Phi) is 1.73. The third-order valence-electron chi connectivity index (χ3n) is 2.28. The fourth-order valence-electron chi connectivity index (χ4n) is 1.57. The molecule has 0 atom stereocenters. The number of nitrogens with zero attached hydrogens (tertiary/aromatic N) is 2. The van der Waals surface area contributed by atoms with Gasteiger partial charge in [-0.3, -0.25) is 4.98 Å². The number of halogens is 1. The van der Waals surface area contributed by atoms with Gasteiger partial charge in [0, 0.05) is 0 Å². The zero-order valence-electron chi connectivity index (χ0n) is 7.73. The Morgan fingerprint density at radius 2 is 1.69 bits per heavy atom. The molecule has 2 aromatic rings. The predicted molar refractivity (Wildman–Crippen MR) is 54.3 cm³/mol. The Balaban J connectivity index is 2.38. The van der Waals surface area contributed by atoms with E-state index in [1.165, 1.54) is 18.3 Å². The number of hydrogen-bond acceptors (Lipinski definition) is 5. The highest BCUT2D eigenvalue weighted by atomic mass is 35.5. The summed E-state index contributed by atoms with van der Waals surface area (Å²) in [5.74, 6) is -1.32. The van der Waals surface area contributed by atoms with Gasteiger partial charge in [0.2, 0.25) is 0 Å². The van der Waals surface area contributed by atoms with Crippen molar-refractivity contribution < 1.29 is 14.3 Å². The number of ether oxygens (including phenoxy) is 1. The van der Waals surface area contributed by atoms with Crippen LogP contribution in [0.2, 0.25) is 5.15 Å². The topological polar surface area (TPSA) is 69.2 Å². The first-order chi connectivity index (χ1) is 7.65. The van der Waals surface area contributed by atoms with E-state index < -0.39 is 11.9 Å². The van der Waals surface area contributed by atoms with Gasteiger partial charge in [-0.2, -0.15) is 0 Å². The van der Waals surface area contributed by atoms with E-state index in [0.29, 0.717) is 11.0 Å². The Bertz CT molecular complexity index is 654. The normalized spacial score (nSPS) is 14.1. The van der Waals surface area contributed by atoms with E-state index in [2.05, 4.69) is 14.7 Å². The molecule has 1 aliphatic rings. The van der Waals surface area contributed by atoms with Crippen molar-refractivity contribution in [3.63, 3.8) is 0 Å². The number of cyclic esters (lactones) is 2. The smallest absolute Gasteiger partial charge is 0.346 e. The first-order valence-corrected chi connectivity index (χ1v) is 4.76. The second-order valence-electron chi connectivity index (χ2n) is 3.26. The number of aromatic nitrogens is 2. The molecule has 0 aliphatic carbocycles. The summed E-state index contributed by atoms with van der Waals surface area (Å²) in [5, 5.41) is 0.227. The highest BCUT2D eigenvalue weighted by Gasteiger charge is 2.30. The maximum absolute atomic E-state index is 11.3. The first kappa shape index (κ1) is 9.23. The van der Waals surface area contributed by atoms with Gasteiger partial charge in [-0.25, -0.2) is 14.6 Å². The molecule has 0 radical (unpaired) electrons. The van der Waals surface area contributed by atoms with Gasteiger partial charge in [0.25, 0.3) is 0 Å². The molecule has 2 heterocycles. The molecule has 0 amide bonds. The second kappa shape index (κ2) is 2.99. The number of fused-ring (bicyclic) bond motifs is 2. The van der Waals surface area contributed by atoms with Crippen LogP contribution in [0.4, 0.5) is 0 Å². The molecule has 16 heavy (non-hydrogen) atoms. The van der Waals surface area contributed by atoms with Gasteiger partial charge < -0.3 is 4.74 Å². The molecule has 0 spiro atoms. The lowest BCUT2D eigenvalue weighted by molar-refractivity contribution is 0.0444. The van der Waals surface area contributed by atoms with E-state index >= 15 is 0 Å². The number of benzene rings is 1. The van der Waals surface area contributed by atoms with Crippen LogP contribution in [0.1, 0.15) is 20.7 Å². The molecule has 0 saturated carbocycles. The maximum Gasteiger partial charge on any atom is 0.346 e. The van der Waals surface area contributed by atoms with E-state index in [1.54, 1.807) is 0 Å². The zero-order chi connectivity index (χ0) is 11.3. The van der Waals surface area contributed by atoms with Gasteiger partial charge in [-0.1, -0.05) is 11.6 Å². The van der Waals surface area contributed by atoms with E-state index in [-0.39, 0.29) is 16.3 Å². The Labute approximate surface area is 94.0 Å². The lowest BCUT2D eigenvalue weighted by Crippen LogP contribution is -1.96. The van der Waals surface area contributed by atoms with Crippen LogP contribution in [0, 0.1) is 0 Å². The zero-order valence-corrected chi connectivity index (χ0v) is 8.49. The van der Waals surface area contributed by atoms with Gasteiger partial charge in [0.15, 0.2) is 0 Å². The van der Waals surface area contributed by atoms with E-state index in [9.17, 15) is 9.59 Å². The van der Waals surface area contributed by atoms with Crippen LogP contribution in [-0.2, 0) is 4.74 Å². The Hall–Kier alpha value is -2.01. The molecule has 0 unspecified atom stereocenters. The highest BCUT2D eigenvalue weighted by molar-refractivity contribution is 6.29. The van der Waals surface area contributed by atoms with Crippen molar-refractivity contribution in [1.82, 2.24) is 9.97 Å². The van der Waals surface area contributed by atoms with Crippen LogP contribution < -0.4 is 0 Å². The lowest BCUT2D eigenvalue weighted by atomic mass is 10.1. The number of carbonyl (C=O) groups is 2. The molecular formula is C10H3ClN2O3. The minimum absolute atomic E-state index is 0.203. The Morgan fingerprint density at radius 1 is 1.06 bits per heavy atom. The summed E-state index contributed by atoms with van der Waals surface area (Å²) >= 11 is 5.68. The number of carbonyl (C=O) groups excluding carboxylic acids is 2. The monoisotopic (exact) mass is 234 g/mol. The van der Waals surface area contributed by atoms with Crippen molar-refractivity contribution in [2.75, 3.05) is 0 Å². The maximum atomic E-state index is 11.3. The molecule has 0 bridgehead atoms. The van der Waals surface area contributed by atoms with Gasteiger partial charge in [-0.15, -0.1) is 0 Å². The molecule has 1 aromatic carbocycles. The third kappa shape index (κ3) is 1.18. The minimum Gasteiger partial charge on any atom is -0.386 e. The molecule has 3 rings (SSSR count). The molecule has 0 N–H and O–H groups in total. The summed E-state index contributed by atoms with van der Waals surface area (Å²) in [6, 6.07) is 2.93. The molecule has 6 heteroatoms. The molecule has 0 fully saturated rings. The van der Waals surface area contributed by atoms with Crippen molar-refractivity contribution in [3.8, 4) is 0 Å². The van der Waals surface area contributed by atoms with Crippen LogP contribution in [0.25, 0.3) is 11.0 Å². The van der Waals surface area contributed by atoms with Crippen LogP contribution >= 0.6 is 11.6 Å². The summed E-state index contributed by atoms with van der Waals surface area (Å²) in [6.07, 6.45) is 1.37. The van der Waals surface area contributed by atoms with Gasteiger partial charge in [0.05, 0.1) is 28.4 Å². The van der Waals surface area contributed by atoms with Crippen LogP contribution in [0.5, 0.6) is 0 Å². The molecule has 5 nitrogen and oxygen atoms in total. The lowest BCUT2D eigenvalue weighted by Gasteiger charge is -1.98. The fraction of sp³-hybridized carbons (Fsp3) is 0. The van der Waals surface area contributed by atoms with Crippen molar-refractivity contribution >= 4 is 34.6 Å². The van der Waals surface area contributed by atoms with Gasteiger partial charge in [0.1, 0.15) is 5.15 Å². The van der Waals surface area contributed by atoms with Crippen LogP contribution in [0.3, 0.4) is 0 Å². The fourth-order valence-corrected chi connectivity index (χ4v) is 1.71. The van der Waals surface area contributed by atoms with E-state index in [4.69, 9.17) is 11.6 Å². The SMILES string of the molecule is O=C1OC(=O)c2cc3nc(Cl)cnc3cc21. The van der Waals surface area contributed by atoms with Crippen molar-refractivity contribution in [2.24, 2.45) is 0 Å². The number of hydrogen-bond donors (Lipinski definition) is 0. The minimum atomic E-state index is -0.663.